The molecular weight excluding hydrogens is 220 g/mol. The number of hydrogen-bond acceptors (Lipinski definition) is 4. The summed E-state index contributed by atoms with van der Waals surface area (Å²) in [5.41, 5.74) is 5.67. The number of nitrogens with two attached hydrogens (primary N) is 1. The van der Waals surface area contributed by atoms with E-state index in [0.717, 1.165) is 18.9 Å². The second-order valence-electron chi connectivity index (χ2n) is 4.55. The minimum absolute atomic E-state index is 0.107. The molecule has 0 aromatic carbocycles. The Labute approximate surface area is 103 Å². The maximum absolute atomic E-state index is 11.5. The first-order valence-corrected chi connectivity index (χ1v) is 6.34. The first-order chi connectivity index (χ1) is 8.24. The Kier molecular flexibility index (Phi) is 7.16. The predicted octanol–water partition coefficient (Wildman–Crippen LogP) is 0.283. The SMILES string of the molecule is COCCC(N)C(=O)NCCCOCC1CC1. The summed E-state index contributed by atoms with van der Waals surface area (Å²) in [6.07, 6.45) is 4.02. The van der Waals surface area contributed by atoms with Gasteiger partial charge in [0, 0.05) is 33.5 Å². The van der Waals surface area contributed by atoms with Crippen LogP contribution in [-0.4, -0.2) is 45.4 Å². The lowest BCUT2D eigenvalue weighted by Crippen LogP contribution is -2.41. The summed E-state index contributed by atoms with van der Waals surface area (Å²) in [6.45, 7) is 2.73. The molecule has 1 aliphatic carbocycles. The molecule has 17 heavy (non-hydrogen) atoms. The van der Waals surface area contributed by atoms with Gasteiger partial charge >= 0.3 is 0 Å². The van der Waals surface area contributed by atoms with Gasteiger partial charge in [0.2, 0.25) is 5.91 Å². The smallest absolute Gasteiger partial charge is 0.237 e. The van der Waals surface area contributed by atoms with Crippen molar-refractivity contribution in [2.45, 2.75) is 31.7 Å². The zero-order valence-electron chi connectivity index (χ0n) is 10.6. The van der Waals surface area contributed by atoms with Crippen LogP contribution in [0, 0.1) is 5.92 Å². The van der Waals surface area contributed by atoms with Crippen LogP contribution in [0.3, 0.4) is 0 Å². The van der Waals surface area contributed by atoms with E-state index in [4.69, 9.17) is 15.2 Å². The quantitative estimate of drug-likeness (QED) is 0.541. The molecule has 0 radical (unpaired) electrons. The minimum Gasteiger partial charge on any atom is -0.385 e. The van der Waals surface area contributed by atoms with Gasteiger partial charge in [-0.1, -0.05) is 0 Å². The van der Waals surface area contributed by atoms with E-state index in [0.29, 0.717) is 26.2 Å². The lowest BCUT2D eigenvalue weighted by atomic mass is 10.2. The number of carbonyl (C=O) groups is 1. The molecule has 1 aliphatic rings. The summed E-state index contributed by atoms with van der Waals surface area (Å²) in [4.78, 5) is 11.5. The Bertz CT molecular complexity index is 220. The lowest BCUT2D eigenvalue weighted by molar-refractivity contribution is -0.122. The highest BCUT2D eigenvalue weighted by molar-refractivity contribution is 5.81. The summed E-state index contributed by atoms with van der Waals surface area (Å²) < 4.78 is 10.3. The van der Waals surface area contributed by atoms with Crippen molar-refractivity contribution < 1.29 is 14.3 Å². The van der Waals surface area contributed by atoms with Crippen molar-refractivity contribution in [1.82, 2.24) is 5.32 Å². The molecule has 0 aliphatic heterocycles. The van der Waals surface area contributed by atoms with E-state index in [1.165, 1.54) is 12.8 Å². The van der Waals surface area contributed by atoms with Crippen LogP contribution in [-0.2, 0) is 14.3 Å². The van der Waals surface area contributed by atoms with E-state index >= 15 is 0 Å². The molecule has 3 N–H and O–H groups in total. The van der Waals surface area contributed by atoms with Gasteiger partial charge in [0.1, 0.15) is 0 Å². The maximum Gasteiger partial charge on any atom is 0.237 e. The Hall–Kier alpha value is -0.650. The van der Waals surface area contributed by atoms with Crippen LogP contribution in [0.15, 0.2) is 0 Å². The van der Waals surface area contributed by atoms with Crippen molar-refractivity contribution in [3.05, 3.63) is 0 Å². The van der Waals surface area contributed by atoms with Crippen LogP contribution < -0.4 is 11.1 Å². The molecule has 1 unspecified atom stereocenters. The molecule has 0 aromatic rings. The minimum atomic E-state index is -0.470. The monoisotopic (exact) mass is 244 g/mol. The van der Waals surface area contributed by atoms with Crippen molar-refractivity contribution in [2.24, 2.45) is 11.7 Å². The average Bonchev–Trinajstić information content (AvgIpc) is 3.14. The molecule has 1 amide bonds. The second kappa shape index (κ2) is 8.44. The lowest BCUT2D eigenvalue weighted by Gasteiger charge is -2.11. The van der Waals surface area contributed by atoms with E-state index in [1.54, 1.807) is 7.11 Å². The summed E-state index contributed by atoms with van der Waals surface area (Å²) >= 11 is 0. The van der Waals surface area contributed by atoms with E-state index in [9.17, 15) is 4.79 Å². The van der Waals surface area contributed by atoms with Crippen LogP contribution in [0.2, 0.25) is 0 Å². The molecule has 0 bridgehead atoms. The molecule has 0 aromatic heterocycles. The maximum atomic E-state index is 11.5. The van der Waals surface area contributed by atoms with Crippen LogP contribution in [0.5, 0.6) is 0 Å². The van der Waals surface area contributed by atoms with Crippen molar-refractivity contribution in [3.8, 4) is 0 Å². The van der Waals surface area contributed by atoms with Crippen LogP contribution in [0.1, 0.15) is 25.7 Å². The number of rotatable bonds is 10. The largest absolute Gasteiger partial charge is 0.385 e. The zero-order chi connectivity index (χ0) is 12.5. The first-order valence-electron chi connectivity index (χ1n) is 6.34. The van der Waals surface area contributed by atoms with Crippen LogP contribution >= 0.6 is 0 Å². The molecule has 1 atom stereocenters. The van der Waals surface area contributed by atoms with Gasteiger partial charge in [0.05, 0.1) is 6.04 Å². The summed E-state index contributed by atoms with van der Waals surface area (Å²) in [6, 6.07) is -0.470. The fourth-order valence-corrected chi connectivity index (χ4v) is 1.43. The standard InChI is InChI=1S/C12H24N2O3/c1-16-8-5-11(13)12(15)14-6-2-7-17-9-10-3-4-10/h10-11H,2-9,13H2,1H3,(H,14,15). The molecule has 1 rings (SSSR count). The number of amides is 1. The van der Waals surface area contributed by atoms with E-state index in [1.807, 2.05) is 0 Å². The highest BCUT2D eigenvalue weighted by Gasteiger charge is 2.20. The summed E-state index contributed by atoms with van der Waals surface area (Å²) in [5, 5.41) is 2.80. The van der Waals surface area contributed by atoms with E-state index in [-0.39, 0.29) is 5.91 Å². The van der Waals surface area contributed by atoms with Gasteiger partial charge in [0.25, 0.3) is 0 Å². The molecule has 1 saturated carbocycles. The number of ether oxygens (including phenoxy) is 2. The predicted molar refractivity (Wildman–Crippen MR) is 65.6 cm³/mol. The Morgan fingerprint density at radius 2 is 2.24 bits per heavy atom. The third-order valence-electron chi connectivity index (χ3n) is 2.78. The molecule has 0 heterocycles. The van der Waals surface area contributed by atoms with Gasteiger partial charge in [-0.3, -0.25) is 4.79 Å². The number of methoxy groups -OCH3 is 1. The van der Waals surface area contributed by atoms with Gasteiger partial charge in [-0.25, -0.2) is 0 Å². The highest BCUT2D eigenvalue weighted by atomic mass is 16.5. The third-order valence-corrected chi connectivity index (χ3v) is 2.78. The molecular formula is C12H24N2O3. The Morgan fingerprint density at radius 3 is 2.88 bits per heavy atom. The molecule has 0 saturated heterocycles. The summed E-state index contributed by atoms with van der Waals surface area (Å²) in [7, 11) is 1.60. The summed E-state index contributed by atoms with van der Waals surface area (Å²) in [5.74, 6) is 0.691. The average molecular weight is 244 g/mol. The first kappa shape index (κ1) is 14.4. The molecule has 1 fully saturated rings. The zero-order valence-corrected chi connectivity index (χ0v) is 10.6. The number of hydrogen-bond donors (Lipinski definition) is 2. The highest BCUT2D eigenvalue weighted by Crippen LogP contribution is 2.28. The normalized spacial score (nSPS) is 16.8. The van der Waals surface area contributed by atoms with Gasteiger partial charge in [0.15, 0.2) is 0 Å². The Balaban J connectivity index is 1.87. The van der Waals surface area contributed by atoms with Crippen LogP contribution in [0.4, 0.5) is 0 Å². The number of carbonyl (C=O) groups excluding carboxylic acids is 1. The third kappa shape index (κ3) is 7.31. The second-order valence-corrected chi connectivity index (χ2v) is 4.55. The Morgan fingerprint density at radius 1 is 1.47 bits per heavy atom. The van der Waals surface area contributed by atoms with Gasteiger partial charge in [-0.2, -0.15) is 0 Å². The van der Waals surface area contributed by atoms with E-state index in [2.05, 4.69) is 5.32 Å². The van der Waals surface area contributed by atoms with Crippen molar-refractivity contribution in [3.63, 3.8) is 0 Å². The number of nitrogens with one attached hydrogen (secondary N) is 1. The fraction of sp³-hybridized carbons (Fsp3) is 0.917. The molecule has 5 nitrogen and oxygen atoms in total. The molecule has 100 valence electrons. The molecule has 5 heteroatoms. The fourth-order valence-electron chi connectivity index (χ4n) is 1.43. The van der Waals surface area contributed by atoms with Crippen molar-refractivity contribution >= 4 is 5.91 Å². The van der Waals surface area contributed by atoms with Gasteiger partial charge < -0.3 is 20.5 Å². The van der Waals surface area contributed by atoms with E-state index < -0.39 is 6.04 Å². The van der Waals surface area contributed by atoms with Crippen LogP contribution in [0.25, 0.3) is 0 Å². The van der Waals surface area contributed by atoms with Gasteiger partial charge in [-0.05, 0) is 31.6 Å². The topological polar surface area (TPSA) is 73.6 Å². The molecule has 0 spiro atoms. The van der Waals surface area contributed by atoms with Crippen molar-refractivity contribution in [1.29, 1.82) is 0 Å². The van der Waals surface area contributed by atoms with Gasteiger partial charge in [-0.15, -0.1) is 0 Å². The van der Waals surface area contributed by atoms with Crippen molar-refractivity contribution in [2.75, 3.05) is 33.5 Å².